The Morgan fingerprint density at radius 1 is 0.765 bits per heavy atom. The van der Waals surface area contributed by atoms with Gasteiger partial charge in [0.05, 0.1) is 36.3 Å². The van der Waals surface area contributed by atoms with Gasteiger partial charge in [0, 0.05) is 57.7 Å². The second kappa shape index (κ2) is 11.2. The molecule has 2 atom stereocenters. The lowest BCUT2D eigenvalue weighted by Crippen LogP contribution is -2.43. The molecule has 0 aliphatic heterocycles. The van der Waals surface area contributed by atoms with Crippen molar-refractivity contribution in [3.8, 4) is 0 Å². The molecule has 0 saturated heterocycles. The molecular formula is C25H27Cl2N5O2. The molecule has 2 heterocycles. The van der Waals surface area contributed by atoms with E-state index >= 15 is 0 Å². The van der Waals surface area contributed by atoms with E-state index in [0.29, 0.717) is 23.1 Å². The Morgan fingerprint density at radius 3 is 1.62 bits per heavy atom. The number of pyridine rings is 2. The van der Waals surface area contributed by atoms with Crippen LogP contribution in [0.4, 0.5) is 11.4 Å². The number of halogens is 2. The highest BCUT2D eigenvalue weighted by atomic mass is 35.5. The summed E-state index contributed by atoms with van der Waals surface area (Å²) in [6.07, 6.45) is 3.44. The summed E-state index contributed by atoms with van der Waals surface area (Å²) in [7, 11) is 1.96. The number of aromatic nitrogens is 2. The fraction of sp³-hybridized carbons (Fsp3) is 0.280. The first-order valence-electron chi connectivity index (χ1n) is 11.0. The van der Waals surface area contributed by atoms with Crippen LogP contribution in [0, 0.1) is 0 Å². The summed E-state index contributed by atoms with van der Waals surface area (Å²) in [5.74, 6) is 0. The van der Waals surface area contributed by atoms with E-state index in [1.165, 1.54) is 0 Å². The molecule has 7 nitrogen and oxygen atoms in total. The van der Waals surface area contributed by atoms with E-state index < -0.39 is 0 Å². The van der Waals surface area contributed by atoms with E-state index in [0.717, 1.165) is 33.2 Å². The maximum absolute atomic E-state index is 10.0. The van der Waals surface area contributed by atoms with Crippen LogP contribution in [-0.2, 0) is 0 Å². The lowest BCUT2D eigenvalue weighted by Gasteiger charge is -2.28. The van der Waals surface area contributed by atoms with Crippen LogP contribution in [-0.4, -0.2) is 70.5 Å². The molecule has 0 saturated carbocycles. The molecule has 0 amide bonds. The van der Waals surface area contributed by atoms with Gasteiger partial charge in [0.2, 0.25) is 0 Å². The molecular weight excluding hydrogens is 473 g/mol. The molecule has 9 heteroatoms. The van der Waals surface area contributed by atoms with Crippen molar-refractivity contribution in [2.45, 2.75) is 12.1 Å². The van der Waals surface area contributed by atoms with Gasteiger partial charge >= 0.3 is 0 Å². The summed E-state index contributed by atoms with van der Waals surface area (Å²) in [5.41, 5.74) is 3.34. The smallest absolute Gasteiger partial charge is 0.0737 e. The van der Waals surface area contributed by atoms with Crippen LogP contribution in [0.1, 0.15) is 0 Å². The lowest BCUT2D eigenvalue weighted by molar-refractivity contribution is 0.204. The zero-order valence-corrected chi connectivity index (χ0v) is 20.3. The number of anilines is 2. The number of rotatable bonds is 10. The fourth-order valence-corrected chi connectivity index (χ4v) is 4.39. The molecule has 0 aliphatic rings. The first-order chi connectivity index (χ1) is 16.5. The molecule has 0 aliphatic carbocycles. The minimum atomic E-state index is -0.213. The van der Waals surface area contributed by atoms with Crippen molar-refractivity contribution in [2.24, 2.45) is 0 Å². The average molecular weight is 500 g/mol. The third kappa shape index (κ3) is 5.87. The minimum Gasteiger partial charge on any atom is -0.394 e. The van der Waals surface area contributed by atoms with Crippen molar-refractivity contribution in [1.29, 1.82) is 0 Å². The highest BCUT2D eigenvalue weighted by Gasteiger charge is 2.17. The van der Waals surface area contributed by atoms with E-state index in [4.69, 9.17) is 23.2 Å². The van der Waals surface area contributed by atoms with Crippen LogP contribution in [0.25, 0.3) is 21.8 Å². The normalized spacial score (nSPS) is 13.4. The number of aliphatic hydroxyl groups excluding tert-OH is 2. The summed E-state index contributed by atoms with van der Waals surface area (Å²) >= 11 is 12.2. The van der Waals surface area contributed by atoms with Gasteiger partial charge in [-0.2, -0.15) is 0 Å². The molecule has 0 radical (unpaired) electrons. The first kappa shape index (κ1) is 24.4. The number of nitrogens with one attached hydrogen (secondary N) is 2. The van der Waals surface area contributed by atoms with E-state index in [2.05, 4.69) is 25.5 Å². The quantitative estimate of drug-likeness (QED) is 0.259. The Hall–Kier alpha value is -2.68. The Kier molecular flexibility index (Phi) is 8.03. The van der Waals surface area contributed by atoms with Gasteiger partial charge in [-0.3, -0.25) is 9.97 Å². The number of benzene rings is 2. The summed E-state index contributed by atoms with van der Waals surface area (Å²) in [6.45, 7) is 1.04. The van der Waals surface area contributed by atoms with Crippen molar-refractivity contribution in [1.82, 2.24) is 14.9 Å². The van der Waals surface area contributed by atoms with E-state index in [1.807, 2.05) is 55.6 Å². The lowest BCUT2D eigenvalue weighted by atomic mass is 10.1. The molecule has 34 heavy (non-hydrogen) atoms. The molecule has 4 rings (SSSR count). The molecule has 4 N–H and O–H groups in total. The van der Waals surface area contributed by atoms with Crippen LogP contribution in [0.5, 0.6) is 0 Å². The van der Waals surface area contributed by atoms with Gasteiger partial charge in [-0.25, -0.2) is 0 Å². The van der Waals surface area contributed by atoms with Gasteiger partial charge in [0.15, 0.2) is 0 Å². The van der Waals surface area contributed by atoms with Gasteiger partial charge < -0.3 is 25.7 Å². The van der Waals surface area contributed by atoms with Crippen LogP contribution >= 0.6 is 23.2 Å². The van der Waals surface area contributed by atoms with Crippen molar-refractivity contribution in [3.63, 3.8) is 0 Å². The zero-order valence-electron chi connectivity index (χ0n) is 18.7. The number of hydrogen-bond donors (Lipinski definition) is 4. The van der Waals surface area contributed by atoms with Crippen LogP contribution in [0.2, 0.25) is 10.0 Å². The predicted octanol–water partition coefficient (Wildman–Crippen LogP) is 4.27. The third-order valence-corrected chi connectivity index (χ3v) is 6.10. The Morgan fingerprint density at radius 2 is 1.21 bits per heavy atom. The topological polar surface area (TPSA) is 93.5 Å². The van der Waals surface area contributed by atoms with Crippen molar-refractivity contribution in [2.75, 3.05) is 44.0 Å². The number of fused-ring (bicyclic) bond motifs is 2. The van der Waals surface area contributed by atoms with Crippen LogP contribution in [0.3, 0.4) is 0 Å². The highest BCUT2D eigenvalue weighted by molar-refractivity contribution is 6.31. The summed E-state index contributed by atoms with van der Waals surface area (Å²) in [5, 5.41) is 30.0. The standard InChI is InChI=1S/C25H27Cl2N5O2/c1-32(12-18(14-33)30-22-6-8-28-24-10-16(26)2-4-20(22)24)13-19(15-34)31-23-7-9-29-25-11-17(27)3-5-21(23)25/h2-11,18-19,33-34H,12-15H2,1H3,(H,28,30)(H,29,31)/t18-,19-/m1/s1. The first-order valence-corrected chi connectivity index (χ1v) is 11.7. The number of likely N-dealkylation sites (N-methyl/N-ethyl adjacent to an activating group) is 1. The van der Waals surface area contributed by atoms with Gasteiger partial charge in [-0.15, -0.1) is 0 Å². The van der Waals surface area contributed by atoms with E-state index in [1.54, 1.807) is 12.4 Å². The molecule has 0 unspecified atom stereocenters. The molecule has 0 fully saturated rings. The second-order valence-corrected chi connectivity index (χ2v) is 9.18. The molecule has 4 aromatic rings. The number of aliphatic hydroxyl groups is 2. The molecule has 178 valence electrons. The van der Waals surface area contributed by atoms with Crippen molar-refractivity contribution >= 4 is 56.4 Å². The summed E-state index contributed by atoms with van der Waals surface area (Å²) < 4.78 is 0. The van der Waals surface area contributed by atoms with Crippen LogP contribution < -0.4 is 10.6 Å². The molecule has 2 aromatic carbocycles. The fourth-order valence-electron chi connectivity index (χ4n) is 4.06. The zero-order chi connectivity index (χ0) is 24.1. The van der Waals surface area contributed by atoms with Crippen LogP contribution in [0.15, 0.2) is 60.9 Å². The monoisotopic (exact) mass is 499 g/mol. The van der Waals surface area contributed by atoms with Gasteiger partial charge in [-0.1, -0.05) is 23.2 Å². The Labute approximate surface area is 208 Å². The number of hydrogen-bond acceptors (Lipinski definition) is 7. The van der Waals surface area contributed by atoms with Crippen molar-refractivity contribution in [3.05, 3.63) is 71.0 Å². The molecule has 0 spiro atoms. The number of nitrogens with zero attached hydrogens (tertiary/aromatic N) is 3. The van der Waals surface area contributed by atoms with Gasteiger partial charge in [-0.05, 0) is 55.6 Å². The van der Waals surface area contributed by atoms with Crippen molar-refractivity contribution < 1.29 is 10.2 Å². The molecule has 2 aromatic heterocycles. The average Bonchev–Trinajstić information content (AvgIpc) is 2.83. The molecule has 0 bridgehead atoms. The van der Waals surface area contributed by atoms with Gasteiger partial charge in [0.1, 0.15) is 0 Å². The second-order valence-electron chi connectivity index (χ2n) is 8.31. The maximum atomic E-state index is 10.0. The Bertz CT molecular complexity index is 1180. The minimum absolute atomic E-state index is 0.0469. The largest absolute Gasteiger partial charge is 0.394 e. The predicted molar refractivity (Wildman–Crippen MR) is 140 cm³/mol. The highest BCUT2D eigenvalue weighted by Crippen LogP contribution is 2.26. The SMILES string of the molecule is CN(C[C@H](CO)Nc1ccnc2cc(Cl)ccc12)C[C@H](CO)Nc1ccnc2cc(Cl)ccc12. The summed E-state index contributed by atoms with van der Waals surface area (Å²) in [4.78, 5) is 10.8. The van der Waals surface area contributed by atoms with Gasteiger partial charge in [0.25, 0.3) is 0 Å². The summed E-state index contributed by atoms with van der Waals surface area (Å²) in [6, 6.07) is 14.5. The third-order valence-electron chi connectivity index (χ3n) is 5.63. The Balaban J connectivity index is 1.42. The maximum Gasteiger partial charge on any atom is 0.0737 e. The van der Waals surface area contributed by atoms with E-state index in [9.17, 15) is 10.2 Å². The van der Waals surface area contributed by atoms with E-state index in [-0.39, 0.29) is 25.3 Å².